The summed E-state index contributed by atoms with van der Waals surface area (Å²) in [5, 5.41) is 8.55. The van der Waals surface area contributed by atoms with Gasteiger partial charge in [-0.15, -0.1) is 0 Å². The van der Waals surface area contributed by atoms with E-state index in [1.165, 1.54) is 6.07 Å². The van der Waals surface area contributed by atoms with E-state index in [1.807, 2.05) is 0 Å². The van der Waals surface area contributed by atoms with Gasteiger partial charge in [0.25, 0.3) is 0 Å². The second-order valence-corrected chi connectivity index (χ2v) is 7.96. The Hall–Kier alpha value is -2.84. The standard InChI is InChI=1S/C23H28ClFN4O3/c1-32-17-9-7-16(8-10-17)28-23(31)26-12-11-21(30)27-15-20(29-13-2-3-14-29)22-18(24)5-4-6-19(22)25/h4-10,20H,2-3,11-15H2,1H3,(H,27,30)(H2,26,28,31). The Balaban J connectivity index is 1.47. The highest BCUT2D eigenvalue weighted by atomic mass is 35.5. The van der Waals surface area contributed by atoms with Crippen molar-refractivity contribution in [3.63, 3.8) is 0 Å². The molecule has 1 aliphatic rings. The van der Waals surface area contributed by atoms with Crippen molar-refractivity contribution in [2.45, 2.75) is 25.3 Å². The molecular weight excluding hydrogens is 435 g/mol. The quantitative estimate of drug-likeness (QED) is 0.527. The number of amides is 3. The number of urea groups is 1. The summed E-state index contributed by atoms with van der Waals surface area (Å²) in [5.74, 6) is 0.0865. The summed E-state index contributed by atoms with van der Waals surface area (Å²) in [6.45, 7) is 2.08. The fourth-order valence-electron chi connectivity index (χ4n) is 3.73. The molecule has 0 aliphatic carbocycles. The van der Waals surface area contributed by atoms with Gasteiger partial charge in [-0.3, -0.25) is 9.69 Å². The highest BCUT2D eigenvalue weighted by Crippen LogP contribution is 2.31. The number of carbonyl (C=O) groups excluding carboxylic acids is 2. The van der Waals surface area contributed by atoms with Crippen molar-refractivity contribution in [1.82, 2.24) is 15.5 Å². The Kier molecular flexibility index (Phi) is 8.70. The molecule has 7 nitrogen and oxygen atoms in total. The van der Waals surface area contributed by atoms with E-state index < -0.39 is 6.03 Å². The number of nitrogens with one attached hydrogen (secondary N) is 3. The zero-order valence-corrected chi connectivity index (χ0v) is 18.8. The highest BCUT2D eigenvalue weighted by molar-refractivity contribution is 6.31. The van der Waals surface area contributed by atoms with Crippen LogP contribution in [-0.2, 0) is 4.79 Å². The van der Waals surface area contributed by atoms with Gasteiger partial charge in [0.2, 0.25) is 5.91 Å². The molecule has 0 aromatic heterocycles. The molecule has 1 heterocycles. The Bertz CT molecular complexity index is 900. The van der Waals surface area contributed by atoms with Crippen LogP contribution in [0.15, 0.2) is 42.5 Å². The van der Waals surface area contributed by atoms with Gasteiger partial charge >= 0.3 is 6.03 Å². The Morgan fingerprint density at radius 3 is 2.50 bits per heavy atom. The van der Waals surface area contributed by atoms with Gasteiger partial charge in [-0.05, 0) is 62.3 Å². The molecule has 9 heteroatoms. The van der Waals surface area contributed by atoms with Gasteiger partial charge in [0.1, 0.15) is 11.6 Å². The summed E-state index contributed by atoms with van der Waals surface area (Å²) in [6, 6.07) is 10.8. The van der Waals surface area contributed by atoms with Gasteiger partial charge < -0.3 is 20.7 Å². The van der Waals surface area contributed by atoms with Gasteiger partial charge in [-0.2, -0.15) is 0 Å². The Morgan fingerprint density at radius 2 is 1.84 bits per heavy atom. The first-order valence-corrected chi connectivity index (χ1v) is 11.0. The van der Waals surface area contributed by atoms with E-state index in [4.69, 9.17) is 16.3 Å². The second-order valence-electron chi connectivity index (χ2n) is 7.56. The fourth-order valence-corrected chi connectivity index (χ4v) is 4.02. The average molecular weight is 463 g/mol. The smallest absolute Gasteiger partial charge is 0.319 e. The molecule has 0 bridgehead atoms. The van der Waals surface area contributed by atoms with Crippen LogP contribution in [0.25, 0.3) is 0 Å². The summed E-state index contributed by atoms with van der Waals surface area (Å²) >= 11 is 6.28. The van der Waals surface area contributed by atoms with E-state index in [0.29, 0.717) is 22.0 Å². The van der Waals surface area contributed by atoms with E-state index in [-0.39, 0.29) is 37.3 Å². The number of ether oxygens (including phenoxy) is 1. The zero-order valence-electron chi connectivity index (χ0n) is 18.0. The number of hydrogen-bond acceptors (Lipinski definition) is 4. The van der Waals surface area contributed by atoms with Gasteiger partial charge in [-0.25, -0.2) is 9.18 Å². The lowest BCUT2D eigenvalue weighted by Gasteiger charge is -2.29. The number of hydrogen-bond donors (Lipinski definition) is 3. The molecule has 1 unspecified atom stereocenters. The van der Waals surface area contributed by atoms with Crippen LogP contribution in [0, 0.1) is 5.82 Å². The maximum absolute atomic E-state index is 14.5. The third kappa shape index (κ3) is 6.58. The first-order valence-electron chi connectivity index (χ1n) is 10.6. The van der Waals surface area contributed by atoms with Gasteiger partial charge in [0.05, 0.1) is 13.2 Å². The van der Waals surface area contributed by atoms with Gasteiger partial charge in [-0.1, -0.05) is 17.7 Å². The van der Waals surface area contributed by atoms with E-state index in [1.54, 1.807) is 43.5 Å². The topological polar surface area (TPSA) is 82.7 Å². The number of benzene rings is 2. The van der Waals surface area contributed by atoms with Crippen LogP contribution in [0.5, 0.6) is 5.75 Å². The van der Waals surface area contributed by atoms with Crippen LogP contribution < -0.4 is 20.7 Å². The summed E-state index contributed by atoms with van der Waals surface area (Å²) in [5.41, 5.74) is 1.02. The lowest BCUT2D eigenvalue weighted by atomic mass is 10.0. The maximum atomic E-state index is 14.5. The minimum absolute atomic E-state index is 0.105. The summed E-state index contributed by atoms with van der Waals surface area (Å²) in [4.78, 5) is 26.5. The number of rotatable bonds is 9. The molecule has 1 saturated heterocycles. The molecular formula is C23H28ClFN4O3. The van der Waals surface area contributed by atoms with Gasteiger partial charge in [0, 0.05) is 35.8 Å². The molecule has 3 amide bonds. The van der Waals surface area contributed by atoms with E-state index in [2.05, 4.69) is 20.9 Å². The second kappa shape index (κ2) is 11.7. The van der Waals surface area contributed by atoms with Crippen LogP contribution in [0.4, 0.5) is 14.9 Å². The van der Waals surface area contributed by atoms with Crippen LogP contribution in [0.2, 0.25) is 5.02 Å². The largest absolute Gasteiger partial charge is 0.497 e. The third-order valence-electron chi connectivity index (χ3n) is 5.39. The number of nitrogens with zero attached hydrogens (tertiary/aromatic N) is 1. The molecule has 0 saturated carbocycles. The lowest BCUT2D eigenvalue weighted by Crippen LogP contribution is -2.39. The molecule has 1 fully saturated rings. The molecule has 2 aromatic carbocycles. The van der Waals surface area contributed by atoms with Crippen molar-refractivity contribution in [2.24, 2.45) is 0 Å². The Morgan fingerprint density at radius 1 is 1.12 bits per heavy atom. The van der Waals surface area contributed by atoms with Crippen molar-refractivity contribution in [2.75, 3.05) is 38.6 Å². The minimum Gasteiger partial charge on any atom is -0.497 e. The molecule has 1 atom stereocenters. The number of likely N-dealkylation sites (tertiary alicyclic amines) is 1. The predicted molar refractivity (Wildman–Crippen MR) is 123 cm³/mol. The lowest BCUT2D eigenvalue weighted by molar-refractivity contribution is -0.121. The SMILES string of the molecule is COc1ccc(NC(=O)NCCC(=O)NCC(c2c(F)cccc2Cl)N2CCCC2)cc1. The molecule has 2 aromatic rings. The Labute approximate surface area is 192 Å². The molecule has 1 aliphatic heterocycles. The first kappa shape index (κ1) is 23.8. The van der Waals surface area contributed by atoms with Crippen LogP contribution in [0.3, 0.4) is 0 Å². The molecule has 0 radical (unpaired) electrons. The highest BCUT2D eigenvalue weighted by Gasteiger charge is 2.28. The van der Waals surface area contributed by atoms with Crippen LogP contribution in [0.1, 0.15) is 30.9 Å². The van der Waals surface area contributed by atoms with E-state index in [9.17, 15) is 14.0 Å². The average Bonchev–Trinajstić information content (AvgIpc) is 3.31. The number of anilines is 1. The van der Waals surface area contributed by atoms with Crippen LogP contribution in [-0.4, -0.2) is 50.1 Å². The van der Waals surface area contributed by atoms with Crippen LogP contribution >= 0.6 is 11.6 Å². The molecule has 3 N–H and O–H groups in total. The van der Waals surface area contributed by atoms with Crippen molar-refractivity contribution >= 4 is 29.2 Å². The molecule has 0 spiro atoms. The normalized spacial score (nSPS) is 14.6. The number of methoxy groups -OCH3 is 1. The summed E-state index contributed by atoms with van der Waals surface area (Å²) in [6.07, 6.45) is 2.17. The number of halogens is 2. The molecule has 3 rings (SSSR count). The minimum atomic E-state index is -0.406. The fraction of sp³-hybridized carbons (Fsp3) is 0.391. The third-order valence-corrected chi connectivity index (χ3v) is 5.72. The maximum Gasteiger partial charge on any atom is 0.319 e. The van der Waals surface area contributed by atoms with Crippen molar-refractivity contribution < 1.29 is 18.7 Å². The van der Waals surface area contributed by atoms with Crippen molar-refractivity contribution in [1.29, 1.82) is 0 Å². The van der Waals surface area contributed by atoms with E-state index in [0.717, 1.165) is 25.9 Å². The van der Waals surface area contributed by atoms with Gasteiger partial charge in [0.15, 0.2) is 0 Å². The first-order chi connectivity index (χ1) is 15.5. The van der Waals surface area contributed by atoms with E-state index >= 15 is 0 Å². The molecule has 32 heavy (non-hydrogen) atoms. The van der Waals surface area contributed by atoms with Crippen molar-refractivity contribution in [3.8, 4) is 5.75 Å². The molecule has 172 valence electrons. The van der Waals surface area contributed by atoms with Crippen molar-refractivity contribution in [3.05, 3.63) is 58.9 Å². The predicted octanol–water partition coefficient (Wildman–Crippen LogP) is 3.95. The summed E-state index contributed by atoms with van der Waals surface area (Å²) in [7, 11) is 1.57. The summed E-state index contributed by atoms with van der Waals surface area (Å²) < 4.78 is 19.6. The monoisotopic (exact) mass is 462 g/mol. The zero-order chi connectivity index (χ0) is 22.9. The number of carbonyl (C=O) groups is 2.